The first kappa shape index (κ1) is 28.4. The summed E-state index contributed by atoms with van der Waals surface area (Å²) >= 11 is 6.28. The minimum atomic E-state index is -0.824. The third kappa shape index (κ3) is 5.57. The van der Waals surface area contributed by atoms with Gasteiger partial charge in [0.1, 0.15) is 11.8 Å². The summed E-state index contributed by atoms with van der Waals surface area (Å²) < 4.78 is 5.76. The normalized spacial score (nSPS) is 20.0. The van der Waals surface area contributed by atoms with E-state index in [9.17, 15) is 19.6 Å². The van der Waals surface area contributed by atoms with E-state index >= 15 is 0 Å². The summed E-state index contributed by atoms with van der Waals surface area (Å²) in [6, 6.07) is 15.1. The van der Waals surface area contributed by atoms with Crippen LogP contribution in [0.25, 0.3) is 0 Å². The lowest BCUT2D eigenvalue weighted by Crippen LogP contribution is -2.55. The van der Waals surface area contributed by atoms with Crippen molar-refractivity contribution in [3.63, 3.8) is 0 Å². The van der Waals surface area contributed by atoms with E-state index in [0.717, 1.165) is 37.7 Å². The number of H-pyrrole nitrogens is 1. The molecule has 0 unspecified atom stereocenters. The predicted octanol–water partition coefficient (Wildman–Crippen LogP) is 5.38. The van der Waals surface area contributed by atoms with Crippen LogP contribution in [0.4, 0.5) is 0 Å². The number of nitrogens with one attached hydrogen (secondary N) is 2. The van der Waals surface area contributed by atoms with Crippen LogP contribution in [-0.4, -0.2) is 39.0 Å². The Balaban J connectivity index is 1.34. The van der Waals surface area contributed by atoms with Crippen LogP contribution >= 0.6 is 11.6 Å². The molecule has 1 aliphatic heterocycles. The number of nitriles is 1. The second-order valence-electron chi connectivity index (χ2n) is 11.0. The molecule has 1 aromatic heterocycles. The van der Waals surface area contributed by atoms with E-state index in [4.69, 9.17) is 16.3 Å². The molecule has 1 saturated carbocycles. The fraction of sp³-hybridized carbons (Fsp3) is 0.387. The highest BCUT2D eigenvalue weighted by molar-refractivity contribution is 6.30. The van der Waals surface area contributed by atoms with Crippen LogP contribution in [0.5, 0.6) is 11.5 Å². The van der Waals surface area contributed by atoms with E-state index < -0.39 is 22.9 Å². The third-order valence-electron chi connectivity index (χ3n) is 8.25. The average Bonchev–Trinajstić information content (AvgIpc) is 3.36. The molecular formula is C31H32ClN5O4. The van der Waals surface area contributed by atoms with Gasteiger partial charge in [-0.25, -0.2) is 5.10 Å². The number of rotatable bonds is 7. The lowest BCUT2D eigenvalue weighted by atomic mass is 9.64. The van der Waals surface area contributed by atoms with Crippen molar-refractivity contribution in [2.75, 3.05) is 0 Å². The summed E-state index contributed by atoms with van der Waals surface area (Å²) in [6.45, 7) is 5.18. The molecule has 2 amide bonds. The van der Waals surface area contributed by atoms with Gasteiger partial charge in [-0.05, 0) is 87.9 Å². The van der Waals surface area contributed by atoms with E-state index in [1.807, 2.05) is 23.1 Å². The lowest BCUT2D eigenvalue weighted by Gasteiger charge is -2.46. The Kier molecular flexibility index (Phi) is 7.87. The van der Waals surface area contributed by atoms with Crippen molar-refractivity contribution in [1.82, 2.24) is 20.4 Å². The fourth-order valence-corrected chi connectivity index (χ4v) is 6.12. The molecule has 10 heteroatoms. The number of carbonyl (C=O) groups excluding carboxylic acids is 2. The molecule has 0 radical (unpaired) electrons. The smallest absolute Gasteiger partial charge is 0.307 e. The molecule has 41 heavy (non-hydrogen) atoms. The Morgan fingerprint density at radius 3 is 2.61 bits per heavy atom. The molecule has 1 aliphatic carbocycles. The molecule has 0 bridgehead atoms. The number of benzene rings is 2. The number of hydrogen-bond donors (Lipinski definition) is 2. The number of ether oxygens (including phenoxy) is 1. The minimum Gasteiger partial charge on any atom is -0.451 e. The van der Waals surface area contributed by atoms with Crippen molar-refractivity contribution < 1.29 is 14.3 Å². The zero-order valence-corrected chi connectivity index (χ0v) is 24.0. The van der Waals surface area contributed by atoms with Crippen LogP contribution in [0.1, 0.15) is 72.2 Å². The average molecular weight is 574 g/mol. The van der Waals surface area contributed by atoms with E-state index in [1.165, 1.54) is 6.07 Å². The monoisotopic (exact) mass is 573 g/mol. The molecule has 1 saturated heterocycles. The Bertz CT molecular complexity index is 1590. The highest BCUT2D eigenvalue weighted by atomic mass is 35.5. The highest BCUT2D eigenvalue weighted by Gasteiger charge is 2.53. The van der Waals surface area contributed by atoms with E-state index in [-0.39, 0.29) is 23.7 Å². The number of likely N-dealkylation sites (tertiary alicyclic amines) is 1. The Labute approximate surface area is 243 Å². The van der Waals surface area contributed by atoms with E-state index in [2.05, 4.69) is 21.6 Å². The standard InChI is InChI=1S/C31H32ClN5O4/c1-18-14-22(8-10-25(18)41-26-15-19(2)35-36-29(26)39)28(38)34-20(3)30(40)37-24(21-6-4-7-23(32)16-21)9-11-27(37)31(17-33)12-5-13-31/h4,6-8,10,14-16,20,24,27H,5,9,11-13H2,1-3H3,(H,34,38)(H,36,39)/t20-,24+,27-/m1/s1. The number of aromatic amines is 1. The van der Waals surface area contributed by atoms with Crippen molar-refractivity contribution in [1.29, 1.82) is 5.26 Å². The number of aryl methyl sites for hydroxylation is 2. The maximum atomic E-state index is 14.0. The van der Waals surface area contributed by atoms with Crippen LogP contribution in [0.15, 0.2) is 53.3 Å². The van der Waals surface area contributed by atoms with Crippen LogP contribution in [0.2, 0.25) is 5.02 Å². The third-order valence-corrected chi connectivity index (χ3v) is 8.49. The van der Waals surface area contributed by atoms with Crippen molar-refractivity contribution in [2.45, 2.75) is 71.0 Å². The van der Waals surface area contributed by atoms with E-state index in [1.54, 1.807) is 45.0 Å². The van der Waals surface area contributed by atoms with Crippen molar-refractivity contribution in [3.05, 3.63) is 86.3 Å². The molecule has 212 valence electrons. The van der Waals surface area contributed by atoms with Gasteiger partial charge in [0.05, 0.1) is 29.3 Å². The molecule has 3 atom stereocenters. The summed E-state index contributed by atoms with van der Waals surface area (Å²) in [5, 5.41) is 19.8. The predicted molar refractivity (Wildman–Crippen MR) is 154 cm³/mol. The molecule has 3 aromatic rings. The van der Waals surface area contributed by atoms with Crippen LogP contribution in [0, 0.1) is 30.6 Å². The number of carbonyl (C=O) groups is 2. The Morgan fingerprint density at radius 1 is 1.17 bits per heavy atom. The maximum Gasteiger partial charge on any atom is 0.307 e. The first-order valence-electron chi connectivity index (χ1n) is 13.8. The molecule has 2 aromatic carbocycles. The quantitative estimate of drug-likeness (QED) is 0.391. The SMILES string of the molecule is Cc1cc(Oc2ccc(C(=O)N[C@H](C)C(=O)N3[C@H](c4cccc(Cl)c4)CC[C@@H]3C3(C#N)CCC3)cc2C)c(=O)[nH]n1. The molecule has 2 N–H and O–H groups in total. The minimum absolute atomic E-state index is 0.105. The second kappa shape index (κ2) is 11.4. The molecule has 0 spiro atoms. The molecule has 2 heterocycles. The first-order chi connectivity index (χ1) is 19.6. The van der Waals surface area contributed by atoms with E-state index in [0.29, 0.717) is 27.6 Å². The zero-order valence-electron chi connectivity index (χ0n) is 23.2. The van der Waals surface area contributed by atoms with Crippen LogP contribution < -0.4 is 15.6 Å². The summed E-state index contributed by atoms with van der Waals surface area (Å²) in [5.74, 6) is -0.107. The molecule has 2 fully saturated rings. The molecule has 2 aliphatic rings. The van der Waals surface area contributed by atoms with Crippen LogP contribution in [0.3, 0.4) is 0 Å². The van der Waals surface area contributed by atoms with Gasteiger partial charge in [-0.3, -0.25) is 14.4 Å². The van der Waals surface area contributed by atoms with Crippen molar-refractivity contribution >= 4 is 23.4 Å². The van der Waals surface area contributed by atoms with Crippen molar-refractivity contribution in [3.8, 4) is 17.6 Å². The van der Waals surface area contributed by atoms with Gasteiger partial charge in [0.15, 0.2) is 5.75 Å². The zero-order chi connectivity index (χ0) is 29.3. The van der Waals surface area contributed by atoms with Crippen LogP contribution in [-0.2, 0) is 4.79 Å². The van der Waals surface area contributed by atoms with Gasteiger partial charge in [0.25, 0.3) is 5.91 Å². The van der Waals surface area contributed by atoms with Gasteiger partial charge in [-0.1, -0.05) is 30.2 Å². The van der Waals surface area contributed by atoms with Gasteiger partial charge in [-0.2, -0.15) is 10.4 Å². The van der Waals surface area contributed by atoms with Gasteiger partial charge in [0.2, 0.25) is 5.91 Å². The van der Waals surface area contributed by atoms with Gasteiger partial charge in [0, 0.05) is 16.7 Å². The number of aromatic nitrogens is 2. The van der Waals surface area contributed by atoms with Crippen molar-refractivity contribution in [2.24, 2.45) is 5.41 Å². The number of hydrogen-bond acceptors (Lipinski definition) is 6. The molecular weight excluding hydrogens is 542 g/mol. The molecule has 5 rings (SSSR count). The Hall–Kier alpha value is -4.16. The second-order valence-corrected chi connectivity index (χ2v) is 11.4. The summed E-state index contributed by atoms with van der Waals surface area (Å²) in [4.78, 5) is 41.1. The number of halogens is 1. The fourth-order valence-electron chi connectivity index (χ4n) is 5.93. The highest BCUT2D eigenvalue weighted by Crippen LogP contribution is 2.52. The van der Waals surface area contributed by atoms with Gasteiger partial charge in [-0.15, -0.1) is 0 Å². The summed E-state index contributed by atoms with van der Waals surface area (Å²) in [7, 11) is 0. The lowest BCUT2D eigenvalue weighted by molar-refractivity contribution is -0.139. The summed E-state index contributed by atoms with van der Waals surface area (Å²) in [6.07, 6.45) is 3.94. The first-order valence-corrected chi connectivity index (χ1v) is 14.1. The number of nitrogens with zero attached hydrogens (tertiary/aromatic N) is 3. The largest absolute Gasteiger partial charge is 0.451 e. The topological polar surface area (TPSA) is 128 Å². The van der Waals surface area contributed by atoms with Gasteiger partial charge < -0.3 is 15.0 Å². The molecule has 9 nitrogen and oxygen atoms in total. The number of amides is 2. The maximum absolute atomic E-state index is 14.0. The Morgan fingerprint density at radius 2 is 1.95 bits per heavy atom. The van der Waals surface area contributed by atoms with Gasteiger partial charge >= 0.3 is 5.56 Å². The summed E-state index contributed by atoms with van der Waals surface area (Å²) in [5.41, 5.74) is 1.50.